The molecule has 2 nitrogen and oxygen atoms in total. The van der Waals surface area contributed by atoms with E-state index in [4.69, 9.17) is 11.6 Å². The second-order valence-electron chi connectivity index (χ2n) is 4.08. The van der Waals surface area contributed by atoms with Gasteiger partial charge in [-0.05, 0) is 24.3 Å². The van der Waals surface area contributed by atoms with E-state index in [0.717, 1.165) is 25.8 Å². The molecule has 0 aliphatic rings. The van der Waals surface area contributed by atoms with Crippen molar-refractivity contribution < 1.29 is 5.11 Å². The molecule has 5 heteroatoms. The first-order chi connectivity index (χ1) is 9.16. The van der Waals surface area contributed by atoms with Crippen LogP contribution >= 0.6 is 38.9 Å². The van der Waals surface area contributed by atoms with Gasteiger partial charge in [0.05, 0.1) is 9.85 Å². The molecule has 0 spiro atoms. The van der Waals surface area contributed by atoms with Gasteiger partial charge in [0.2, 0.25) is 0 Å². The number of nitrogens with zero attached hydrogens (tertiary/aromatic N) is 1. The van der Waals surface area contributed by atoms with Crippen molar-refractivity contribution in [3.8, 4) is 0 Å². The largest absolute Gasteiger partial charge is 0.383 e. The van der Waals surface area contributed by atoms with Crippen LogP contribution in [0.25, 0.3) is 10.9 Å². The summed E-state index contributed by atoms with van der Waals surface area (Å²) in [6.45, 7) is 0. The minimum Gasteiger partial charge on any atom is -0.383 e. The van der Waals surface area contributed by atoms with E-state index in [-0.39, 0.29) is 0 Å². The van der Waals surface area contributed by atoms with E-state index in [0.29, 0.717) is 4.34 Å². The van der Waals surface area contributed by atoms with Crippen LogP contribution in [-0.4, -0.2) is 10.1 Å². The SMILES string of the molecule is OC(c1ccc(Cl)s1)c1ccc(Br)c2cccnc12. The van der Waals surface area contributed by atoms with Crippen molar-refractivity contribution in [3.63, 3.8) is 0 Å². The lowest BCUT2D eigenvalue weighted by molar-refractivity contribution is 0.225. The molecular formula is C14H9BrClNOS. The predicted molar refractivity (Wildman–Crippen MR) is 82.8 cm³/mol. The molecule has 0 aliphatic carbocycles. The quantitative estimate of drug-likeness (QED) is 0.717. The van der Waals surface area contributed by atoms with E-state index in [1.165, 1.54) is 11.3 Å². The van der Waals surface area contributed by atoms with E-state index in [2.05, 4.69) is 20.9 Å². The Morgan fingerprint density at radius 3 is 2.79 bits per heavy atom. The highest BCUT2D eigenvalue weighted by atomic mass is 79.9. The van der Waals surface area contributed by atoms with Crippen LogP contribution < -0.4 is 0 Å². The number of aromatic nitrogens is 1. The number of thiophene rings is 1. The van der Waals surface area contributed by atoms with Crippen LogP contribution in [-0.2, 0) is 0 Å². The van der Waals surface area contributed by atoms with Gasteiger partial charge in [-0.15, -0.1) is 11.3 Å². The van der Waals surface area contributed by atoms with Crippen molar-refractivity contribution in [3.05, 3.63) is 61.8 Å². The highest BCUT2D eigenvalue weighted by Gasteiger charge is 2.17. The first-order valence-corrected chi connectivity index (χ1v) is 7.62. The molecule has 1 atom stereocenters. The van der Waals surface area contributed by atoms with E-state index >= 15 is 0 Å². The van der Waals surface area contributed by atoms with Crippen molar-refractivity contribution in [2.24, 2.45) is 0 Å². The highest BCUT2D eigenvalue weighted by molar-refractivity contribution is 9.10. The molecule has 96 valence electrons. The fourth-order valence-electron chi connectivity index (χ4n) is 2.01. The van der Waals surface area contributed by atoms with Crippen molar-refractivity contribution in [1.29, 1.82) is 0 Å². The average Bonchev–Trinajstić information content (AvgIpc) is 2.86. The molecule has 0 aliphatic heterocycles. The first kappa shape index (κ1) is 13.1. The Labute approximate surface area is 127 Å². The smallest absolute Gasteiger partial charge is 0.115 e. The maximum Gasteiger partial charge on any atom is 0.115 e. The molecule has 1 unspecified atom stereocenters. The van der Waals surface area contributed by atoms with Gasteiger partial charge in [0.25, 0.3) is 0 Å². The van der Waals surface area contributed by atoms with Crippen LogP contribution in [0.5, 0.6) is 0 Å². The molecule has 0 fully saturated rings. The maximum atomic E-state index is 10.5. The van der Waals surface area contributed by atoms with Crippen LogP contribution in [0.3, 0.4) is 0 Å². The minimum atomic E-state index is -0.706. The molecule has 3 rings (SSSR count). The number of hydrogen-bond acceptors (Lipinski definition) is 3. The summed E-state index contributed by atoms with van der Waals surface area (Å²) in [5, 5.41) is 11.5. The average molecular weight is 355 g/mol. The molecule has 0 amide bonds. The monoisotopic (exact) mass is 353 g/mol. The van der Waals surface area contributed by atoms with Gasteiger partial charge in [-0.1, -0.05) is 39.7 Å². The Bertz CT molecular complexity index is 743. The number of pyridine rings is 1. The second kappa shape index (κ2) is 5.21. The van der Waals surface area contributed by atoms with E-state index < -0.39 is 6.10 Å². The Kier molecular flexibility index (Phi) is 3.58. The summed E-state index contributed by atoms with van der Waals surface area (Å²) in [5.74, 6) is 0. The molecule has 2 heterocycles. The van der Waals surface area contributed by atoms with Crippen molar-refractivity contribution in [2.45, 2.75) is 6.10 Å². The molecule has 0 radical (unpaired) electrons. The Balaban J connectivity index is 2.18. The third-order valence-electron chi connectivity index (χ3n) is 2.91. The van der Waals surface area contributed by atoms with Crippen LogP contribution in [0.15, 0.2) is 47.1 Å². The van der Waals surface area contributed by atoms with Gasteiger partial charge < -0.3 is 5.11 Å². The van der Waals surface area contributed by atoms with Crippen molar-refractivity contribution in [2.75, 3.05) is 0 Å². The first-order valence-electron chi connectivity index (χ1n) is 5.63. The Morgan fingerprint density at radius 2 is 2.05 bits per heavy atom. The normalized spacial score (nSPS) is 12.8. The summed E-state index contributed by atoms with van der Waals surface area (Å²) in [7, 11) is 0. The number of fused-ring (bicyclic) bond motifs is 1. The molecule has 0 saturated carbocycles. The fourth-order valence-corrected chi connectivity index (χ4v) is 3.53. The topological polar surface area (TPSA) is 33.1 Å². The third-order valence-corrected chi connectivity index (χ3v) is 4.88. The lowest BCUT2D eigenvalue weighted by Crippen LogP contribution is -1.99. The van der Waals surface area contributed by atoms with E-state index in [1.807, 2.05) is 30.3 Å². The number of aliphatic hydroxyl groups is 1. The second-order valence-corrected chi connectivity index (χ2v) is 6.68. The lowest BCUT2D eigenvalue weighted by Gasteiger charge is -2.12. The van der Waals surface area contributed by atoms with Gasteiger partial charge in [-0.2, -0.15) is 0 Å². The fraction of sp³-hybridized carbons (Fsp3) is 0.0714. The van der Waals surface area contributed by atoms with Crippen LogP contribution in [0.4, 0.5) is 0 Å². The summed E-state index contributed by atoms with van der Waals surface area (Å²) >= 11 is 10.8. The summed E-state index contributed by atoms with van der Waals surface area (Å²) in [5.41, 5.74) is 1.59. The molecular weight excluding hydrogens is 346 g/mol. The van der Waals surface area contributed by atoms with E-state index in [1.54, 1.807) is 12.3 Å². The Hall–Kier alpha value is -0.940. The van der Waals surface area contributed by atoms with Gasteiger partial charge in [-0.3, -0.25) is 4.98 Å². The number of rotatable bonds is 2. The predicted octanol–water partition coefficient (Wildman–Crippen LogP) is 4.79. The van der Waals surface area contributed by atoms with Gasteiger partial charge in [0.1, 0.15) is 6.10 Å². The zero-order valence-electron chi connectivity index (χ0n) is 9.68. The summed E-state index contributed by atoms with van der Waals surface area (Å²) in [6.07, 6.45) is 1.02. The number of benzene rings is 1. The summed E-state index contributed by atoms with van der Waals surface area (Å²) in [4.78, 5) is 5.20. The number of aliphatic hydroxyl groups excluding tert-OH is 1. The molecule has 0 saturated heterocycles. The van der Waals surface area contributed by atoms with Crippen LogP contribution in [0.1, 0.15) is 16.5 Å². The molecule has 1 aromatic carbocycles. The van der Waals surface area contributed by atoms with E-state index in [9.17, 15) is 5.11 Å². The summed E-state index contributed by atoms with van der Waals surface area (Å²) in [6, 6.07) is 11.3. The van der Waals surface area contributed by atoms with Gasteiger partial charge in [0.15, 0.2) is 0 Å². The van der Waals surface area contributed by atoms with Crippen LogP contribution in [0, 0.1) is 0 Å². The van der Waals surface area contributed by atoms with Gasteiger partial charge in [-0.25, -0.2) is 0 Å². The molecule has 19 heavy (non-hydrogen) atoms. The number of hydrogen-bond donors (Lipinski definition) is 1. The molecule has 0 bridgehead atoms. The molecule has 1 N–H and O–H groups in total. The standard InChI is InChI=1S/C14H9BrClNOS/c15-10-4-3-9(13-8(10)2-1-7-17-13)14(18)11-5-6-12(16)19-11/h1-7,14,18H. The van der Waals surface area contributed by atoms with Crippen LogP contribution in [0.2, 0.25) is 4.34 Å². The zero-order valence-corrected chi connectivity index (χ0v) is 12.8. The maximum absolute atomic E-state index is 10.5. The van der Waals surface area contributed by atoms with Gasteiger partial charge in [0, 0.05) is 26.5 Å². The van der Waals surface area contributed by atoms with Crippen molar-refractivity contribution >= 4 is 49.8 Å². The lowest BCUT2D eigenvalue weighted by atomic mass is 10.0. The summed E-state index contributed by atoms with van der Waals surface area (Å²) < 4.78 is 1.64. The number of halogens is 2. The molecule has 3 aromatic rings. The molecule has 2 aromatic heterocycles. The third kappa shape index (κ3) is 2.41. The van der Waals surface area contributed by atoms with Crippen molar-refractivity contribution in [1.82, 2.24) is 4.98 Å². The van der Waals surface area contributed by atoms with Gasteiger partial charge >= 0.3 is 0 Å². The minimum absolute atomic E-state index is 0.670. The zero-order chi connectivity index (χ0) is 13.4. The Morgan fingerprint density at radius 1 is 1.21 bits per heavy atom. The highest BCUT2D eigenvalue weighted by Crippen LogP contribution is 2.35.